The minimum atomic E-state index is 0.176. The lowest BCUT2D eigenvalue weighted by Crippen LogP contribution is -2.05. The molecule has 2 heterocycles. The van der Waals surface area contributed by atoms with Crippen molar-refractivity contribution in [3.8, 4) is 22.6 Å². The molecular weight excluding hydrogens is 280 g/mol. The standard InChI is InChI=1S/C18H18O4/c19-16-4-2-1-3-14(16)18-15(8-13-10-22-13)11(5-6-17(18)20)7-12-9-21-12/h1-6,12-13,19-20H,7-10H2. The summed E-state index contributed by atoms with van der Waals surface area (Å²) in [5.74, 6) is 0.369. The number of hydrogen-bond donors (Lipinski definition) is 2. The summed E-state index contributed by atoms with van der Waals surface area (Å²) in [4.78, 5) is 0. The molecule has 2 aromatic carbocycles. The number of aromatic hydroxyl groups is 2. The van der Waals surface area contributed by atoms with E-state index in [1.807, 2.05) is 18.2 Å². The summed E-state index contributed by atoms with van der Waals surface area (Å²) in [7, 11) is 0. The maximum Gasteiger partial charge on any atom is 0.123 e. The van der Waals surface area contributed by atoms with Crippen molar-refractivity contribution in [2.45, 2.75) is 25.0 Å². The summed E-state index contributed by atoms with van der Waals surface area (Å²) in [6, 6.07) is 10.8. The Bertz CT molecular complexity index is 702. The van der Waals surface area contributed by atoms with Gasteiger partial charge < -0.3 is 19.7 Å². The molecule has 2 aliphatic rings. The summed E-state index contributed by atoms with van der Waals surface area (Å²) in [6.07, 6.45) is 2.08. The first-order chi connectivity index (χ1) is 10.7. The van der Waals surface area contributed by atoms with Crippen LogP contribution in [0.2, 0.25) is 0 Å². The molecule has 22 heavy (non-hydrogen) atoms. The molecule has 0 spiro atoms. The predicted molar refractivity (Wildman–Crippen MR) is 82.1 cm³/mol. The van der Waals surface area contributed by atoms with E-state index >= 15 is 0 Å². The van der Waals surface area contributed by atoms with Crippen molar-refractivity contribution in [3.63, 3.8) is 0 Å². The molecule has 0 amide bonds. The van der Waals surface area contributed by atoms with E-state index in [1.165, 1.54) is 0 Å². The summed E-state index contributed by atoms with van der Waals surface area (Å²) in [5.41, 5.74) is 3.59. The van der Waals surface area contributed by atoms with E-state index in [1.54, 1.807) is 18.2 Å². The Morgan fingerprint density at radius 3 is 2.23 bits per heavy atom. The van der Waals surface area contributed by atoms with E-state index in [0.717, 1.165) is 37.2 Å². The first kappa shape index (κ1) is 13.6. The second-order valence-electron chi connectivity index (χ2n) is 5.93. The molecule has 2 aromatic rings. The van der Waals surface area contributed by atoms with Crippen LogP contribution in [-0.4, -0.2) is 35.6 Å². The molecule has 114 valence electrons. The molecule has 4 nitrogen and oxygen atoms in total. The Kier molecular flexibility index (Phi) is 3.28. The molecule has 0 aliphatic carbocycles. The van der Waals surface area contributed by atoms with Gasteiger partial charge in [0, 0.05) is 24.0 Å². The molecule has 0 bridgehead atoms. The van der Waals surface area contributed by atoms with Gasteiger partial charge in [-0.2, -0.15) is 0 Å². The first-order valence-electron chi connectivity index (χ1n) is 7.57. The van der Waals surface area contributed by atoms with Gasteiger partial charge in [0.2, 0.25) is 0 Å². The zero-order chi connectivity index (χ0) is 15.1. The quantitative estimate of drug-likeness (QED) is 0.833. The number of para-hydroxylation sites is 1. The highest BCUT2D eigenvalue weighted by atomic mass is 16.6. The fourth-order valence-corrected chi connectivity index (χ4v) is 2.93. The zero-order valence-corrected chi connectivity index (χ0v) is 12.2. The van der Waals surface area contributed by atoms with Crippen LogP contribution in [0, 0.1) is 0 Å². The van der Waals surface area contributed by atoms with Gasteiger partial charge in [-0.05, 0) is 23.3 Å². The third-order valence-corrected chi connectivity index (χ3v) is 4.25. The highest BCUT2D eigenvalue weighted by Gasteiger charge is 2.30. The maximum absolute atomic E-state index is 10.4. The van der Waals surface area contributed by atoms with Crippen LogP contribution in [0.4, 0.5) is 0 Å². The number of phenolic OH excluding ortho intramolecular Hbond substituents is 2. The average molecular weight is 298 g/mol. The molecule has 4 rings (SSSR count). The fourth-order valence-electron chi connectivity index (χ4n) is 2.93. The Balaban J connectivity index is 1.84. The van der Waals surface area contributed by atoms with E-state index in [0.29, 0.717) is 11.1 Å². The van der Waals surface area contributed by atoms with Crippen LogP contribution in [0.15, 0.2) is 36.4 Å². The summed E-state index contributed by atoms with van der Waals surface area (Å²) in [6.45, 7) is 1.56. The number of epoxide rings is 2. The van der Waals surface area contributed by atoms with Crippen molar-refractivity contribution in [1.82, 2.24) is 0 Å². The maximum atomic E-state index is 10.4. The molecule has 2 fully saturated rings. The molecule has 0 saturated carbocycles. The highest BCUT2D eigenvalue weighted by Crippen LogP contribution is 2.41. The van der Waals surface area contributed by atoms with Crippen LogP contribution in [0.3, 0.4) is 0 Å². The summed E-state index contributed by atoms with van der Waals surface area (Å²) >= 11 is 0. The smallest absolute Gasteiger partial charge is 0.123 e. The summed E-state index contributed by atoms with van der Waals surface area (Å²) < 4.78 is 10.7. The summed E-state index contributed by atoms with van der Waals surface area (Å²) in [5, 5.41) is 20.6. The second kappa shape index (κ2) is 5.30. The molecular formula is C18H18O4. The second-order valence-corrected chi connectivity index (χ2v) is 5.93. The van der Waals surface area contributed by atoms with Crippen LogP contribution < -0.4 is 0 Å². The van der Waals surface area contributed by atoms with Gasteiger partial charge in [-0.1, -0.05) is 24.3 Å². The largest absolute Gasteiger partial charge is 0.507 e. The van der Waals surface area contributed by atoms with E-state index in [9.17, 15) is 10.2 Å². The van der Waals surface area contributed by atoms with E-state index in [2.05, 4.69) is 0 Å². The lowest BCUT2D eigenvalue weighted by molar-refractivity contribution is 0.401. The van der Waals surface area contributed by atoms with Gasteiger partial charge in [0.25, 0.3) is 0 Å². The van der Waals surface area contributed by atoms with Crippen molar-refractivity contribution < 1.29 is 19.7 Å². The number of hydrogen-bond acceptors (Lipinski definition) is 4. The Labute approximate surface area is 128 Å². The molecule has 4 heteroatoms. The Morgan fingerprint density at radius 1 is 0.864 bits per heavy atom. The number of rotatable bonds is 5. The topological polar surface area (TPSA) is 65.5 Å². The van der Waals surface area contributed by atoms with Crippen LogP contribution in [0.5, 0.6) is 11.5 Å². The van der Waals surface area contributed by atoms with E-state index in [-0.39, 0.29) is 23.7 Å². The van der Waals surface area contributed by atoms with Crippen molar-refractivity contribution in [1.29, 1.82) is 0 Å². The van der Waals surface area contributed by atoms with Gasteiger partial charge in [0.15, 0.2) is 0 Å². The first-order valence-corrected chi connectivity index (χ1v) is 7.57. The Morgan fingerprint density at radius 2 is 1.55 bits per heavy atom. The third-order valence-electron chi connectivity index (χ3n) is 4.25. The number of ether oxygens (including phenoxy) is 2. The van der Waals surface area contributed by atoms with Crippen molar-refractivity contribution >= 4 is 0 Å². The van der Waals surface area contributed by atoms with Gasteiger partial charge in [0.05, 0.1) is 25.4 Å². The van der Waals surface area contributed by atoms with Gasteiger partial charge >= 0.3 is 0 Å². The van der Waals surface area contributed by atoms with Crippen LogP contribution in [0.1, 0.15) is 11.1 Å². The third kappa shape index (κ3) is 2.67. The van der Waals surface area contributed by atoms with Gasteiger partial charge in [0.1, 0.15) is 11.5 Å². The van der Waals surface area contributed by atoms with Crippen LogP contribution in [-0.2, 0) is 22.3 Å². The normalized spacial score (nSPS) is 22.5. The lowest BCUT2D eigenvalue weighted by atomic mass is 9.89. The van der Waals surface area contributed by atoms with Gasteiger partial charge in [-0.15, -0.1) is 0 Å². The van der Waals surface area contributed by atoms with E-state index in [4.69, 9.17) is 9.47 Å². The van der Waals surface area contributed by atoms with Crippen molar-refractivity contribution in [2.24, 2.45) is 0 Å². The fraction of sp³-hybridized carbons (Fsp3) is 0.333. The van der Waals surface area contributed by atoms with E-state index < -0.39 is 0 Å². The van der Waals surface area contributed by atoms with Gasteiger partial charge in [-0.3, -0.25) is 0 Å². The number of benzene rings is 2. The monoisotopic (exact) mass is 298 g/mol. The van der Waals surface area contributed by atoms with Gasteiger partial charge in [-0.25, -0.2) is 0 Å². The lowest BCUT2D eigenvalue weighted by Gasteiger charge is -2.16. The predicted octanol–water partition coefficient (Wildman–Crippen LogP) is 2.65. The van der Waals surface area contributed by atoms with Crippen molar-refractivity contribution in [2.75, 3.05) is 13.2 Å². The highest BCUT2D eigenvalue weighted by molar-refractivity contribution is 5.79. The van der Waals surface area contributed by atoms with Crippen LogP contribution in [0.25, 0.3) is 11.1 Å². The van der Waals surface area contributed by atoms with Crippen LogP contribution >= 0.6 is 0 Å². The molecule has 2 atom stereocenters. The zero-order valence-electron chi connectivity index (χ0n) is 12.2. The molecule has 2 N–H and O–H groups in total. The molecule has 0 radical (unpaired) electrons. The molecule has 2 aliphatic heterocycles. The average Bonchev–Trinajstić information content (AvgIpc) is 3.39. The molecule has 2 saturated heterocycles. The molecule has 2 unspecified atom stereocenters. The Hall–Kier alpha value is -2.04. The number of phenols is 2. The minimum Gasteiger partial charge on any atom is -0.507 e. The SMILES string of the molecule is Oc1ccccc1-c1c(O)ccc(CC2CO2)c1CC1CO1. The minimum absolute atomic E-state index is 0.176. The molecule has 0 aromatic heterocycles. The van der Waals surface area contributed by atoms with Crippen molar-refractivity contribution in [3.05, 3.63) is 47.5 Å².